The van der Waals surface area contributed by atoms with Gasteiger partial charge in [-0.1, -0.05) is 30.3 Å². The average Bonchev–Trinajstić information content (AvgIpc) is 2.68. The van der Waals surface area contributed by atoms with Crippen molar-refractivity contribution in [2.45, 2.75) is 32.2 Å². The van der Waals surface area contributed by atoms with E-state index in [1.807, 2.05) is 31.2 Å². The van der Waals surface area contributed by atoms with Gasteiger partial charge in [0.15, 0.2) is 6.61 Å². The standard InChI is InChI=1S/C22H27N3O3/c1-15-11-12-19(20(13-15)28-14-21(26)25(2)3)24-22(27)23-18-10-6-8-16-7-4-5-9-17(16)18/h4-5,7,9,11-13,18H,6,8,10,14H2,1-3H3,(H2,23,24,27). The average molecular weight is 381 g/mol. The van der Waals surface area contributed by atoms with Crippen LogP contribution in [0.5, 0.6) is 5.75 Å². The van der Waals surface area contributed by atoms with Crippen LogP contribution in [-0.4, -0.2) is 37.5 Å². The molecule has 0 radical (unpaired) electrons. The molecule has 3 rings (SSSR count). The molecule has 0 spiro atoms. The summed E-state index contributed by atoms with van der Waals surface area (Å²) in [4.78, 5) is 25.9. The first kappa shape index (κ1) is 19.7. The van der Waals surface area contributed by atoms with Crippen LogP contribution in [0.1, 0.15) is 35.6 Å². The van der Waals surface area contributed by atoms with Crippen LogP contribution < -0.4 is 15.4 Å². The predicted molar refractivity (Wildman–Crippen MR) is 110 cm³/mol. The van der Waals surface area contributed by atoms with E-state index in [1.54, 1.807) is 20.2 Å². The second kappa shape index (κ2) is 8.78. The summed E-state index contributed by atoms with van der Waals surface area (Å²) in [7, 11) is 3.35. The molecule has 0 heterocycles. The SMILES string of the molecule is Cc1ccc(NC(=O)NC2CCCc3ccccc32)c(OCC(=O)N(C)C)c1. The first-order chi connectivity index (χ1) is 13.4. The van der Waals surface area contributed by atoms with Gasteiger partial charge in [0.25, 0.3) is 5.91 Å². The largest absolute Gasteiger partial charge is 0.482 e. The summed E-state index contributed by atoms with van der Waals surface area (Å²) >= 11 is 0. The van der Waals surface area contributed by atoms with E-state index in [-0.39, 0.29) is 24.6 Å². The molecule has 2 aromatic carbocycles. The van der Waals surface area contributed by atoms with Crippen LogP contribution in [0.4, 0.5) is 10.5 Å². The van der Waals surface area contributed by atoms with Crippen molar-refractivity contribution in [1.82, 2.24) is 10.2 Å². The van der Waals surface area contributed by atoms with E-state index < -0.39 is 0 Å². The van der Waals surface area contributed by atoms with Crippen LogP contribution in [-0.2, 0) is 11.2 Å². The van der Waals surface area contributed by atoms with E-state index >= 15 is 0 Å². The second-order valence-corrected chi connectivity index (χ2v) is 7.32. The fraction of sp³-hybridized carbons (Fsp3) is 0.364. The van der Waals surface area contributed by atoms with E-state index in [9.17, 15) is 9.59 Å². The molecule has 1 atom stereocenters. The van der Waals surface area contributed by atoms with Gasteiger partial charge in [0.2, 0.25) is 0 Å². The molecule has 0 saturated heterocycles. The van der Waals surface area contributed by atoms with Crippen LogP contribution in [0.15, 0.2) is 42.5 Å². The number of anilines is 1. The lowest BCUT2D eigenvalue weighted by Crippen LogP contribution is -2.34. The van der Waals surface area contributed by atoms with Gasteiger partial charge in [0.05, 0.1) is 11.7 Å². The third-order valence-electron chi connectivity index (χ3n) is 4.91. The van der Waals surface area contributed by atoms with E-state index in [2.05, 4.69) is 22.8 Å². The topological polar surface area (TPSA) is 70.7 Å². The summed E-state index contributed by atoms with van der Waals surface area (Å²) in [6, 6.07) is 13.4. The number of hydrogen-bond donors (Lipinski definition) is 2. The van der Waals surface area contributed by atoms with Crippen molar-refractivity contribution >= 4 is 17.6 Å². The lowest BCUT2D eigenvalue weighted by Gasteiger charge is -2.26. The Balaban J connectivity index is 1.68. The molecule has 0 bridgehead atoms. The maximum atomic E-state index is 12.6. The van der Waals surface area contributed by atoms with Crippen molar-refractivity contribution in [3.8, 4) is 5.75 Å². The number of carbonyl (C=O) groups is 2. The summed E-state index contributed by atoms with van der Waals surface area (Å²) in [5, 5.41) is 5.94. The fourth-order valence-corrected chi connectivity index (χ4v) is 3.34. The Morgan fingerprint density at radius 2 is 1.96 bits per heavy atom. The first-order valence-electron chi connectivity index (χ1n) is 9.53. The van der Waals surface area contributed by atoms with Crippen molar-refractivity contribution < 1.29 is 14.3 Å². The lowest BCUT2D eigenvalue weighted by atomic mass is 9.88. The zero-order chi connectivity index (χ0) is 20.1. The monoisotopic (exact) mass is 381 g/mol. The second-order valence-electron chi connectivity index (χ2n) is 7.32. The number of hydrogen-bond acceptors (Lipinski definition) is 3. The number of aryl methyl sites for hydroxylation is 2. The molecule has 1 unspecified atom stereocenters. The summed E-state index contributed by atoms with van der Waals surface area (Å²) < 4.78 is 5.65. The van der Waals surface area contributed by atoms with Gasteiger partial charge in [-0.25, -0.2) is 4.79 Å². The number of benzene rings is 2. The molecule has 0 saturated carbocycles. The number of ether oxygens (including phenoxy) is 1. The van der Waals surface area contributed by atoms with Crippen molar-refractivity contribution in [3.05, 3.63) is 59.2 Å². The number of urea groups is 1. The van der Waals surface area contributed by atoms with Gasteiger partial charge in [0, 0.05) is 14.1 Å². The minimum Gasteiger partial charge on any atom is -0.482 e. The zero-order valence-electron chi connectivity index (χ0n) is 16.6. The van der Waals surface area contributed by atoms with Crippen molar-refractivity contribution in [3.63, 3.8) is 0 Å². The maximum Gasteiger partial charge on any atom is 0.319 e. The quantitative estimate of drug-likeness (QED) is 0.830. The number of nitrogens with zero attached hydrogens (tertiary/aromatic N) is 1. The number of fused-ring (bicyclic) bond motifs is 1. The van der Waals surface area contributed by atoms with Crippen molar-refractivity contribution in [2.75, 3.05) is 26.0 Å². The van der Waals surface area contributed by atoms with Crippen LogP contribution >= 0.6 is 0 Å². The molecule has 28 heavy (non-hydrogen) atoms. The van der Waals surface area contributed by atoms with E-state index in [0.717, 1.165) is 24.8 Å². The molecule has 6 nitrogen and oxygen atoms in total. The minimum atomic E-state index is -0.283. The number of amides is 3. The smallest absolute Gasteiger partial charge is 0.319 e. The Kier molecular flexibility index (Phi) is 6.19. The van der Waals surface area contributed by atoms with Gasteiger partial charge in [-0.05, 0) is 55.0 Å². The first-order valence-corrected chi connectivity index (χ1v) is 9.53. The highest BCUT2D eigenvalue weighted by Crippen LogP contribution is 2.30. The molecule has 6 heteroatoms. The van der Waals surface area contributed by atoms with Crippen LogP contribution in [0.2, 0.25) is 0 Å². The van der Waals surface area contributed by atoms with Gasteiger partial charge in [-0.15, -0.1) is 0 Å². The molecule has 3 amide bonds. The molecule has 0 aromatic heterocycles. The van der Waals surface area contributed by atoms with Gasteiger partial charge in [-0.2, -0.15) is 0 Å². The number of likely N-dealkylation sites (N-methyl/N-ethyl adjacent to an activating group) is 1. The Morgan fingerprint density at radius 1 is 1.18 bits per heavy atom. The Labute approximate surface area is 165 Å². The number of rotatable bonds is 5. The van der Waals surface area contributed by atoms with E-state index in [1.165, 1.54) is 16.0 Å². The van der Waals surface area contributed by atoms with E-state index in [0.29, 0.717) is 11.4 Å². The van der Waals surface area contributed by atoms with Crippen LogP contribution in [0, 0.1) is 6.92 Å². The molecule has 2 N–H and O–H groups in total. The third-order valence-corrected chi connectivity index (χ3v) is 4.91. The molecule has 1 aliphatic rings. The highest BCUT2D eigenvalue weighted by Gasteiger charge is 2.22. The Hall–Kier alpha value is -3.02. The number of nitrogens with one attached hydrogen (secondary N) is 2. The van der Waals surface area contributed by atoms with E-state index in [4.69, 9.17) is 4.74 Å². The lowest BCUT2D eigenvalue weighted by molar-refractivity contribution is -0.130. The van der Waals surface area contributed by atoms with Crippen molar-refractivity contribution in [2.24, 2.45) is 0 Å². The highest BCUT2D eigenvalue weighted by molar-refractivity contribution is 5.91. The zero-order valence-corrected chi connectivity index (χ0v) is 16.6. The molecule has 148 valence electrons. The molecule has 1 aliphatic carbocycles. The molecular weight excluding hydrogens is 354 g/mol. The predicted octanol–water partition coefficient (Wildman–Crippen LogP) is 3.66. The molecular formula is C22H27N3O3. The highest BCUT2D eigenvalue weighted by atomic mass is 16.5. The molecule has 2 aromatic rings. The summed E-state index contributed by atoms with van der Waals surface area (Å²) in [5.41, 5.74) is 4.00. The normalized spacial score (nSPS) is 15.3. The minimum absolute atomic E-state index is 0.00455. The van der Waals surface area contributed by atoms with Gasteiger partial charge in [-0.3, -0.25) is 4.79 Å². The van der Waals surface area contributed by atoms with Crippen LogP contribution in [0.3, 0.4) is 0 Å². The molecule has 0 fully saturated rings. The Bertz CT molecular complexity index is 864. The van der Waals surface area contributed by atoms with Crippen LogP contribution in [0.25, 0.3) is 0 Å². The number of carbonyl (C=O) groups excluding carboxylic acids is 2. The Morgan fingerprint density at radius 3 is 2.75 bits per heavy atom. The van der Waals surface area contributed by atoms with Gasteiger partial charge >= 0.3 is 6.03 Å². The summed E-state index contributed by atoms with van der Waals surface area (Å²) in [5.74, 6) is 0.338. The maximum absolute atomic E-state index is 12.6. The third kappa shape index (κ3) is 4.82. The van der Waals surface area contributed by atoms with Gasteiger partial charge in [0.1, 0.15) is 5.75 Å². The molecule has 0 aliphatic heterocycles. The summed E-state index contributed by atoms with van der Waals surface area (Å²) in [6.07, 6.45) is 3.01. The van der Waals surface area contributed by atoms with Gasteiger partial charge < -0.3 is 20.3 Å². The fourth-order valence-electron chi connectivity index (χ4n) is 3.34. The summed E-state index contributed by atoms with van der Waals surface area (Å²) in [6.45, 7) is 1.85. The van der Waals surface area contributed by atoms with Crippen molar-refractivity contribution in [1.29, 1.82) is 0 Å².